The Morgan fingerprint density at radius 2 is 2.56 bits per heavy atom. The summed E-state index contributed by atoms with van der Waals surface area (Å²) in [5, 5.41) is 8.96. The van der Waals surface area contributed by atoms with Crippen LogP contribution < -0.4 is 5.73 Å². The molecule has 1 fully saturated rings. The third-order valence-electron chi connectivity index (χ3n) is 3.23. The van der Waals surface area contributed by atoms with E-state index in [4.69, 9.17) is 10.8 Å². The predicted octanol–water partition coefficient (Wildman–Crippen LogP) is 0.211. The quantitative estimate of drug-likeness (QED) is 0.686. The first kappa shape index (κ1) is 11.6. The van der Waals surface area contributed by atoms with Gasteiger partial charge in [0.05, 0.1) is 12.6 Å². The van der Waals surface area contributed by atoms with Crippen LogP contribution in [0.4, 0.5) is 0 Å². The molecule has 2 heterocycles. The number of imidazole rings is 1. The van der Waals surface area contributed by atoms with E-state index < -0.39 is 6.04 Å². The first-order chi connectivity index (χ1) is 7.70. The van der Waals surface area contributed by atoms with E-state index in [0.717, 1.165) is 12.2 Å². The summed E-state index contributed by atoms with van der Waals surface area (Å²) in [5.74, 6) is 1.21. The number of piperidine rings is 1. The summed E-state index contributed by atoms with van der Waals surface area (Å²) in [6.45, 7) is 2.17. The van der Waals surface area contributed by atoms with Crippen molar-refractivity contribution < 1.29 is 5.11 Å². The lowest BCUT2D eigenvalue weighted by molar-refractivity contribution is 0.248. The third-order valence-corrected chi connectivity index (χ3v) is 3.23. The van der Waals surface area contributed by atoms with Crippen molar-refractivity contribution in [3.63, 3.8) is 0 Å². The third kappa shape index (κ3) is 2.42. The van der Waals surface area contributed by atoms with Crippen LogP contribution in [0.1, 0.15) is 36.3 Å². The number of hydrogen-bond acceptors (Lipinski definition) is 4. The molecule has 0 radical (unpaired) electrons. The van der Waals surface area contributed by atoms with Gasteiger partial charge in [-0.15, -0.1) is 0 Å². The number of aromatic nitrogens is 2. The van der Waals surface area contributed by atoms with Crippen molar-refractivity contribution in [1.29, 1.82) is 0 Å². The molecule has 0 amide bonds. The molecule has 0 aromatic carbocycles. The van der Waals surface area contributed by atoms with E-state index in [1.807, 2.05) is 6.20 Å². The van der Waals surface area contributed by atoms with E-state index in [2.05, 4.69) is 21.9 Å². The summed E-state index contributed by atoms with van der Waals surface area (Å²) >= 11 is 0. The fourth-order valence-corrected chi connectivity index (χ4v) is 2.25. The molecule has 90 valence electrons. The lowest BCUT2D eigenvalue weighted by Gasteiger charge is -2.28. The zero-order chi connectivity index (χ0) is 11.5. The molecule has 1 aromatic rings. The molecule has 4 N–H and O–H groups in total. The Kier molecular flexibility index (Phi) is 3.58. The Labute approximate surface area is 95.7 Å². The number of nitrogens with two attached hydrogens (primary N) is 1. The summed E-state index contributed by atoms with van der Waals surface area (Å²) in [6.07, 6.45) is 4.27. The Hall–Kier alpha value is -0.910. The summed E-state index contributed by atoms with van der Waals surface area (Å²) in [5.41, 5.74) is 6.85. The molecule has 2 atom stereocenters. The van der Waals surface area contributed by atoms with Gasteiger partial charge in [-0.25, -0.2) is 4.98 Å². The maximum Gasteiger partial charge on any atom is 0.125 e. The second-order valence-corrected chi connectivity index (χ2v) is 4.61. The number of likely N-dealkylation sites (N-methyl/N-ethyl adjacent to an activating group) is 1. The van der Waals surface area contributed by atoms with Gasteiger partial charge in [-0.3, -0.25) is 0 Å². The van der Waals surface area contributed by atoms with Crippen molar-refractivity contribution in [2.75, 3.05) is 26.7 Å². The Morgan fingerprint density at radius 3 is 3.25 bits per heavy atom. The van der Waals surface area contributed by atoms with Crippen LogP contribution in [-0.4, -0.2) is 46.7 Å². The minimum absolute atomic E-state index is 0.0719. The van der Waals surface area contributed by atoms with Gasteiger partial charge in [0.2, 0.25) is 0 Å². The average molecular weight is 224 g/mol. The molecule has 1 saturated heterocycles. The molecular weight excluding hydrogens is 204 g/mol. The van der Waals surface area contributed by atoms with Gasteiger partial charge in [-0.2, -0.15) is 0 Å². The molecule has 5 nitrogen and oxygen atoms in total. The molecule has 1 aliphatic heterocycles. The van der Waals surface area contributed by atoms with Gasteiger partial charge in [0.15, 0.2) is 0 Å². The van der Waals surface area contributed by atoms with Crippen molar-refractivity contribution in [2.24, 2.45) is 5.73 Å². The first-order valence-electron chi connectivity index (χ1n) is 5.80. The van der Waals surface area contributed by atoms with Crippen LogP contribution >= 0.6 is 0 Å². The number of aromatic amines is 1. The van der Waals surface area contributed by atoms with Gasteiger partial charge in [0.25, 0.3) is 0 Å². The molecule has 0 aliphatic carbocycles. The molecule has 1 aliphatic rings. The van der Waals surface area contributed by atoms with Crippen LogP contribution in [-0.2, 0) is 0 Å². The van der Waals surface area contributed by atoms with E-state index in [0.29, 0.717) is 11.7 Å². The molecular formula is C11H20N4O. The largest absolute Gasteiger partial charge is 0.394 e. The smallest absolute Gasteiger partial charge is 0.125 e. The number of hydrogen-bond donors (Lipinski definition) is 3. The Morgan fingerprint density at radius 1 is 1.75 bits per heavy atom. The molecule has 0 spiro atoms. The summed E-state index contributed by atoms with van der Waals surface area (Å²) in [4.78, 5) is 9.79. The lowest BCUT2D eigenvalue weighted by atomic mass is 9.96. The molecule has 16 heavy (non-hydrogen) atoms. The SMILES string of the molecule is CN1CCCC(c2cnc(C(N)CO)[nH]2)C1. The van der Waals surface area contributed by atoms with Gasteiger partial charge in [0, 0.05) is 24.4 Å². The topological polar surface area (TPSA) is 78.2 Å². The maximum absolute atomic E-state index is 8.96. The minimum Gasteiger partial charge on any atom is -0.394 e. The van der Waals surface area contributed by atoms with Gasteiger partial charge >= 0.3 is 0 Å². The molecule has 5 heteroatoms. The second kappa shape index (κ2) is 4.95. The van der Waals surface area contributed by atoms with Crippen molar-refractivity contribution in [1.82, 2.24) is 14.9 Å². The number of aliphatic hydroxyl groups is 1. The van der Waals surface area contributed by atoms with E-state index >= 15 is 0 Å². The van der Waals surface area contributed by atoms with E-state index in [1.165, 1.54) is 19.4 Å². The molecule has 2 unspecified atom stereocenters. The van der Waals surface area contributed by atoms with Gasteiger partial charge in [-0.1, -0.05) is 0 Å². The summed E-state index contributed by atoms with van der Waals surface area (Å²) in [6, 6.07) is -0.393. The van der Waals surface area contributed by atoms with Crippen molar-refractivity contribution in [3.05, 3.63) is 17.7 Å². The van der Waals surface area contributed by atoms with Crippen molar-refractivity contribution >= 4 is 0 Å². The highest BCUT2D eigenvalue weighted by molar-refractivity contribution is 5.11. The second-order valence-electron chi connectivity index (χ2n) is 4.61. The van der Waals surface area contributed by atoms with Crippen LogP contribution in [0.3, 0.4) is 0 Å². The van der Waals surface area contributed by atoms with Crippen LogP contribution in [0.15, 0.2) is 6.20 Å². The summed E-state index contributed by atoms with van der Waals surface area (Å²) in [7, 11) is 2.14. The maximum atomic E-state index is 8.96. The number of nitrogens with one attached hydrogen (secondary N) is 1. The molecule has 2 rings (SSSR count). The number of H-pyrrole nitrogens is 1. The monoisotopic (exact) mass is 224 g/mol. The number of rotatable bonds is 3. The minimum atomic E-state index is -0.393. The van der Waals surface area contributed by atoms with Gasteiger partial charge < -0.3 is 20.7 Å². The number of likely N-dealkylation sites (tertiary alicyclic amines) is 1. The zero-order valence-electron chi connectivity index (χ0n) is 9.69. The Bertz CT molecular complexity index is 338. The molecule has 0 bridgehead atoms. The summed E-state index contributed by atoms with van der Waals surface area (Å²) < 4.78 is 0. The number of aliphatic hydroxyl groups excluding tert-OH is 1. The highest BCUT2D eigenvalue weighted by Gasteiger charge is 2.21. The van der Waals surface area contributed by atoms with Crippen molar-refractivity contribution in [3.8, 4) is 0 Å². The van der Waals surface area contributed by atoms with Crippen LogP contribution in [0.25, 0.3) is 0 Å². The predicted molar refractivity (Wildman–Crippen MR) is 62.1 cm³/mol. The fraction of sp³-hybridized carbons (Fsp3) is 0.727. The number of nitrogens with zero attached hydrogens (tertiary/aromatic N) is 2. The first-order valence-corrected chi connectivity index (χ1v) is 5.80. The van der Waals surface area contributed by atoms with Crippen LogP contribution in [0, 0.1) is 0 Å². The van der Waals surface area contributed by atoms with Gasteiger partial charge in [0.1, 0.15) is 5.82 Å². The zero-order valence-corrected chi connectivity index (χ0v) is 9.69. The molecule has 0 saturated carbocycles. The fourth-order valence-electron chi connectivity index (χ4n) is 2.25. The van der Waals surface area contributed by atoms with E-state index in [9.17, 15) is 0 Å². The molecule has 1 aromatic heterocycles. The lowest BCUT2D eigenvalue weighted by Crippen LogP contribution is -2.31. The normalized spacial score (nSPS) is 24.6. The highest BCUT2D eigenvalue weighted by atomic mass is 16.3. The van der Waals surface area contributed by atoms with Crippen LogP contribution in [0.5, 0.6) is 0 Å². The highest BCUT2D eigenvalue weighted by Crippen LogP contribution is 2.25. The van der Waals surface area contributed by atoms with Crippen LogP contribution in [0.2, 0.25) is 0 Å². The standard InChI is InChI=1S/C11H20N4O/c1-15-4-2-3-8(6-15)10-5-13-11(14-10)9(12)7-16/h5,8-9,16H,2-4,6-7,12H2,1H3,(H,13,14). The van der Waals surface area contributed by atoms with Crippen molar-refractivity contribution in [2.45, 2.75) is 24.8 Å². The Balaban J connectivity index is 2.06. The van der Waals surface area contributed by atoms with E-state index in [1.54, 1.807) is 0 Å². The van der Waals surface area contributed by atoms with E-state index in [-0.39, 0.29) is 6.61 Å². The average Bonchev–Trinajstić information content (AvgIpc) is 2.77. The van der Waals surface area contributed by atoms with Gasteiger partial charge in [-0.05, 0) is 26.4 Å².